The Kier molecular flexibility index (Phi) is 11.1. The number of aliphatic hydroxyl groups is 1. The first-order chi connectivity index (χ1) is 11.9. The second-order valence-electron chi connectivity index (χ2n) is 11.0. The third-order valence-electron chi connectivity index (χ3n) is 6.98. The van der Waals surface area contributed by atoms with E-state index in [1.807, 2.05) is 0 Å². The average Bonchev–Trinajstić information content (AvgIpc) is 2.53. The average molecular weight is 369 g/mol. The van der Waals surface area contributed by atoms with Gasteiger partial charge in [0.15, 0.2) is 0 Å². The molecule has 0 aliphatic rings. The Balaban J connectivity index is 5.31. The molecule has 0 aromatic rings. The summed E-state index contributed by atoms with van der Waals surface area (Å²) >= 11 is 0. The van der Waals surface area contributed by atoms with Gasteiger partial charge < -0.3 is 5.11 Å². The van der Waals surface area contributed by atoms with Gasteiger partial charge in [-0.3, -0.25) is 0 Å². The van der Waals surface area contributed by atoms with Crippen molar-refractivity contribution in [3.63, 3.8) is 0 Å². The number of rotatable bonds is 13. The van der Waals surface area contributed by atoms with Gasteiger partial charge in [0.2, 0.25) is 0 Å². The van der Waals surface area contributed by atoms with E-state index >= 15 is 0 Å². The molecular weight excluding hydrogens is 316 g/mol. The Bertz CT molecular complexity index is 343. The molecule has 0 fully saturated rings. The standard InChI is InChI=1S/C25H52O/c1-10-13-15-16-17-18-20-24(12-3,19-14-11-2)21-25(26,22(4,5)6)23(7,8)9/h26H,10-21H2,1-9H3. The summed E-state index contributed by atoms with van der Waals surface area (Å²) in [7, 11) is 0. The number of unbranched alkanes of at least 4 members (excludes halogenated alkanes) is 6. The van der Waals surface area contributed by atoms with E-state index in [9.17, 15) is 5.11 Å². The summed E-state index contributed by atoms with van der Waals surface area (Å²) in [6.07, 6.45) is 15.4. The Hall–Kier alpha value is -0.0400. The van der Waals surface area contributed by atoms with Crippen LogP contribution in [0.25, 0.3) is 0 Å². The van der Waals surface area contributed by atoms with E-state index in [4.69, 9.17) is 0 Å². The van der Waals surface area contributed by atoms with E-state index < -0.39 is 5.60 Å². The fourth-order valence-electron chi connectivity index (χ4n) is 4.81. The van der Waals surface area contributed by atoms with E-state index in [0.717, 1.165) is 6.42 Å². The zero-order valence-electron chi connectivity index (χ0n) is 19.9. The molecule has 0 aliphatic heterocycles. The molecule has 1 unspecified atom stereocenters. The zero-order chi connectivity index (χ0) is 20.5. The molecule has 0 saturated carbocycles. The molecule has 1 atom stereocenters. The topological polar surface area (TPSA) is 20.2 Å². The first-order valence-corrected chi connectivity index (χ1v) is 11.6. The molecule has 0 amide bonds. The maximum atomic E-state index is 11.9. The van der Waals surface area contributed by atoms with E-state index in [-0.39, 0.29) is 16.2 Å². The molecule has 0 aromatic carbocycles. The molecule has 0 heterocycles. The van der Waals surface area contributed by atoms with Gasteiger partial charge in [-0.1, -0.05) is 120 Å². The lowest BCUT2D eigenvalue weighted by molar-refractivity contribution is -0.165. The predicted molar refractivity (Wildman–Crippen MR) is 119 cm³/mol. The quantitative estimate of drug-likeness (QED) is 0.323. The molecule has 1 nitrogen and oxygen atoms in total. The minimum absolute atomic E-state index is 0.112. The van der Waals surface area contributed by atoms with Crippen LogP contribution in [0.15, 0.2) is 0 Å². The maximum Gasteiger partial charge on any atom is 0.0749 e. The normalized spacial score (nSPS) is 15.9. The van der Waals surface area contributed by atoms with Crippen molar-refractivity contribution in [2.75, 3.05) is 0 Å². The van der Waals surface area contributed by atoms with Gasteiger partial charge in [0.1, 0.15) is 0 Å². The van der Waals surface area contributed by atoms with Crippen LogP contribution in [0.2, 0.25) is 0 Å². The SMILES string of the molecule is CCCCCCCCC(CC)(CCCC)CC(O)(C(C)(C)C)C(C)(C)C. The molecule has 1 heteroatoms. The van der Waals surface area contributed by atoms with Gasteiger partial charge in [-0.05, 0) is 35.5 Å². The minimum atomic E-state index is -0.647. The monoisotopic (exact) mass is 368 g/mol. The van der Waals surface area contributed by atoms with Crippen LogP contribution in [0.4, 0.5) is 0 Å². The van der Waals surface area contributed by atoms with Crippen molar-refractivity contribution in [2.45, 2.75) is 145 Å². The highest BCUT2D eigenvalue weighted by Crippen LogP contribution is 2.53. The maximum absolute atomic E-state index is 11.9. The van der Waals surface area contributed by atoms with E-state index in [1.165, 1.54) is 70.6 Å². The van der Waals surface area contributed by atoms with Crippen molar-refractivity contribution < 1.29 is 5.11 Å². The molecule has 0 bridgehead atoms. The van der Waals surface area contributed by atoms with Gasteiger partial charge in [0.25, 0.3) is 0 Å². The molecule has 0 spiro atoms. The minimum Gasteiger partial charge on any atom is -0.389 e. The smallest absolute Gasteiger partial charge is 0.0749 e. The molecule has 0 radical (unpaired) electrons. The Morgan fingerprint density at radius 2 is 1.00 bits per heavy atom. The van der Waals surface area contributed by atoms with Crippen LogP contribution in [0.5, 0.6) is 0 Å². The molecule has 26 heavy (non-hydrogen) atoms. The molecule has 158 valence electrons. The summed E-state index contributed by atoms with van der Waals surface area (Å²) in [5.41, 5.74) is -0.583. The van der Waals surface area contributed by atoms with Crippen LogP contribution in [-0.4, -0.2) is 10.7 Å². The van der Waals surface area contributed by atoms with Gasteiger partial charge >= 0.3 is 0 Å². The molecular formula is C25H52O. The summed E-state index contributed by atoms with van der Waals surface area (Å²) in [5, 5.41) is 11.9. The molecule has 0 rings (SSSR count). The molecule has 1 N–H and O–H groups in total. The summed E-state index contributed by atoms with van der Waals surface area (Å²) in [4.78, 5) is 0. The van der Waals surface area contributed by atoms with Crippen molar-refractivity contribution in [1.29, 1.82) is 0 Å². The van der Waals surface area contributed by atoms with Gasteiger partial charge in [0.05, 0.1) is 5.60 Å². The third-order valence-corrected chi connectivity index (χ3v) is 6.98. The highest BCUT2D eigenvalue weighted by Gasteiger charge is 2.52. The first kappa shape index (κ1) is 26.0. The molecule has 0 aliphatic carbocycles. The van der Waals surface area contributed by atoms with Crippen molar-refractivity contribution in [3.05, 3.63) is 0 Å². The van der Waals surface area contributed by atoms with Crippen molar-refractivity contribution in [1.82, 2.24) is 0 Å². The van der Waals surface area contributed by atoms with Crippen LogP contribution >= 0.6 is 0 Å². The Morgan fingerprint density at radius 3 is 1.42 bits per heavy atom. The summed E-state index contributed by atoms with van der Waals surface area (Å²) in [5.74, 6) is 0. The predicted octanol–water partition coefficient (Wildman–Crippen LogP) is 8.54. The lowest BCUT2D eigenvalue weighted by Crippen LogP contribution is -2.56. The van der Waals surface area contributed by atoms with Crippen LogP contribution in [0, 0.1) is 16.2 Å². The fourth-order valence-corrected chi connectivity index (χ4v) is 4.81. The number of hydrogen-bond donors (Lipinski definition) is 1. The van der Waals surface area contributed by atoms with Gasteiger partial charge in [-0.25, -0.2) is 0 Å². The molecule has 0 saturated heterocycles. The van der Waals surface area contributed by atoms with Gasteiger partial charge in [-0.15, -0.1) is 0 Å². The number of hydrogen-bond acceptors (Lipinski definition) is 1. The highest BCUT2D eigenvalue weighted by molar-refractivity contribution is 5.03. The van der Waals surface area contributed by atoms with E-state index in [0.29, 0.717) is 0 Å². The second kappa shape index (κ2) is 11.1. The fraction of sp³-hybridized carbons (Fsp3) is 1.00. The van der Waals surface area contributed by atoms with Crippen LogP contribution in [-0.2, 0) is 0 Å². The lowest BCUT2D eigenvalue weighted by atomic mass is 9.55. The Morgan fingerprint density at radius 1 is 0.577 bits per heavy atom. The summed E-state index contributed by atoms with van der Waals surface area (Å²) in [6.45, 7) is 20.3. The van der Waals surface area contributed by atoms with E-state index in [2.05, 4.69) is 62.3 Å². The van der Waals surface area contributed by atoms with Gasteiger partial charge in [0, 0.05) is 0 Å². The highest BCUT2D eigenvalue weighted by atomic mass is 16.3. The van der Waals surface area contributed by atoms with Crippen LogP contribution in [0.3, 0.4) is 0 Å². The largest absolute Gasteiger partial charge is 0.389 e. The summed E-state index contributed by atoms with van der Waals surface area (Å²) in [6, 6.07) is 0. The Labute approximate surface area is 166 Å². The van der Waals surface area contributed by atoms with Crippen molar-refractivity contribution in [2.24, 2.45) is 16.2 Å². The van der Waals surface area contributed by atoms with Crippen LogP contribution in [0.1, 0.15) is 139 Å². The lowest BCUT2D eigenvalue weighted by Gasteiger charge is -2.54. The van der Waals surface area contributed by atoms with Crippen molar-refractivity contribution >= 4 is 0 Å². The van der Waals surface area contributed by atoms with Gasteiger partial charge in [-0.2, -0.15) is 0 Å². The molecule has 0 aromatic heterocycles. The third kappa shape index (κ3) is 7.53. The zero-order valence-corrected chi connectivity index (χ0v) is 19.9. The van der Waals surface area contributed by atoms with Crippen molar-refractivity contribution in [3.8, 4) is 0 Å². The first-order valence-electron chi connectivity index (χ1n) is 11.6. The second-order valence-corrected chi connectivity index (χ2v) is 11.0. The van der Waals surface area contributed by atoms with E-state index in [1.54, 1.807) is 0 Å². The summed E-state index contributed by atoms with van der Waals surface area (Å²) < 4.78 is 0. The van der Waals surface area contributed by atoms with Crippen LogP contribution < -0.4 is 0 Å².